The molecule has 2 aromatic rings. The van der Waals surface area contributed by atoms with Crippen LogP contribution in [0, 0.1) is 0 Å². The second-order valence-electron chi connectivity index (χ2n) is 4.43. The van der Waals surface area contributed by atoms with Gasteiger partial charge in [-0.25, -0.2) is 9.36 Å². The maximum atomic E-state index is 12.2. The van der Waals surface area contributed by atoms with Crippen molar-refractivity contribution in [3.63, 3.8) is 0 Å². The van der Waals surface area contributed by atoms with Crippen LogP contribution in [-0.2, 0) is 4.79 Å². The fourth-order valence-electron chi connectivity index (χ4n) is 2.20. The summed E-state index contributed by atoms with van der Waals surface area (Å²) in [5.41, 5.74) is 6.63. The largest absolute Gasteiger partial charge is 0.426 e. The number of carbonyl (C=O) groups is 2. The van der Waals surface area contributed by atoms with Crippen LogP contribution in [0.25, 0.3) is 11.1 Å². The van der Waals surface area contributed by atoms with E-state index in [9.17, 15) is 14.4 Å². The van der Waals surface area contributed by atoms with Crippen LogP contribution in [0.4, 0.5) is 5.69 Å². The number of anilines is 1. The summed E-state index contributed by atoms with van der Waals surface area (Å²) in [6.45, 7) is 0. The van der Waals surface area contributed by atoms with E-state index in [1.807, 2.05) is 0 Å². The normalized spacial score (nSPS) is 18.7. The number of nitrogen functional groups attached to an aromatic ring is 1. The highest BCUT2D eigenvalue weighted by atomic mass is 16.4. The zero-order chi connectivity index (χ0) is 13.6. The van der Waals surface area contributed by atoms with Gasteiger partial charge in [-0.1, -0.05) is 0 Å². The molecule has 7 heteroatoms. The number of hydrogen-bond donors (Lipinski definition) is 2. The molecule has 0 spiro atoms. The minimum Gasteiger partial charge on any atom is -0.407 e. The second kappa shape index (κ2) is 3.98. The Hall–Kier alpha value is -2.57. The molecular formula is C12H11N3O4. The number of nitrogens with one attached hydrogen (secondary N) is 1. The van der Waals surface area contributed by atoms with E-state index in [1.165, 1.54) is 6.07 Å². The lowest BCUT2D eigenvalue weighted by atomic mass is 10.2. The summed E-state index contributed by atoms with van der Waals surface area (Å²) in [5.74, 6) is -1.45. The van der Waals surface area contributed by atoms with E-state index in [0.717, 1.165) is 4.57 Å². The summed E-state index contributed by atoms with van der Waals surface area (Å²) in [6, 6.07) is 3.93. The van der Waals surface area contributed by atoms with E-state index in [1.54, 1.807) is 12.1 Å². The monoisotopic (exact) mass is 261 g/mol. The van der Waals surface area contributed by atoms with Crippen LogP contribution < -0.4 is 16.8 Å². The number of aromatic nitrogens is 1. The molecule has 0 saturated carbocycles. The van der Waals surface area contributed by atoms with Gasteiger partial charge in [-0.15, -0.1) is 0 Å². The Kier molecular flexibility index (Phi) is 2.41. The Morgan fingerprint density at radius 2 is 2.21 bits per heavy atom. The van der Waals surface area contributed by atoms with Gasteiger partial charge in [-0.05, 0) is 18.6 Å². The zero-order valence-electron chi connectivity index (χ0n) is 9.88. The fraction of sp³-hybridized carbons (Fsp3) is 0.250. The Bertz CT molecular complexity index is 743. The molecule has 1 amide bonds. The van der Waals surface area contributed by atoms with Gasteiger partial charge in [0.1, 0.15) is 6.04 Å². The topological polar surface area (TPSA) is 107 Å². The molecule has 1 unspecified atom stereocenters. The molecule has 0 radical (unpaired) electrons. The van der Waals surface area contributed by atoms with E-state index >= 15 is 0 Å². The molecule has 19 heavy (non-hydrogen) atoms. The Morgan fingerprint density at radius 3 is 2.89 bits per heavy atom. The second-order valence-corrected chi connectivity index (χ2v) is 4.43. The van der Waals surface area contributed by atoms with Gasteiger partial charge >= 0.3 is 5.76 Å². The summed E-state index contributed by atoms with van der Waals surface area (Å²) in [4.78, 5) is 35.1. The van der Waals surface area contributed by atoms with Crippen molar-refractivity contribution in [3.05, 3.63) is 28.7 Å². The van der Waals surface area contributed by atoms with Crippen molar-refractivity contribution in [3.8, 4) is 0 Å². The number of nitrogens with zero attached hydrogens (tertiary/aromatic N) is 1. The number of oxazole rings is 1. The highest BCUT2D eigenvalue weighted by molar-refractivity contribution is 5.96. The first-order chi connectivity index (χ1) is 9.06. The van der Waals surface area contributed by atoms with Gasteiger partial charge in [-0.3, -0.25) is 9.59 Å². The molecular weight excluding hydrogens is 250 g/mol. The third-order valence-electron chi connectivity index (χ3n) is 3.12. The van der Waals surface area contributed by atoms with Crippen LogP contribution in [0.2, 0.25) is 0 Å². The molecule has 0 aliphatic carbocycles. The van der Waals surface area contributed by atoms with Gasteiger partial charge in [0.25, 0.3) is 5.91 Å². The zero-order valence-corrected chi connectivity index (χ0v) is 9.88. The van der Waals surface area contributed by atoms with E-state index in [0.29, 0.717) is 17.6 Å². The molecule has 3 rings (SSSR count). The minimum atomic E-state index is -0.772. The van der Waals surface area contributed by atoms with E-state index in [4.69, 9.17) is 10.2 Å². The predicted octanol–water partition coefficient (Wildman–Crippen LogP) is 0.0955. The number of benzene rings is 1. The summed E-state index contributed by atoms with van der Waals surface area (Å²) in [5, 5.41) is 2.53. The maximum Gasteiger partial charge on any atom is 0.426 e. The molecule has 3 N–H and O–H groups in total. The summed E-state index contributed by atoms with van der Waals surface area (Å²) in [7, 11) is 0. The van der Waals surface area contributed by atoms with Gasteiger partial charge < -0.3 is 15.5 Å². The lowest BCUT2D eigenvalue weighted by Gasteiger charge is -2.08. The van der Waals surface area contributed by atoms with E-state index in [-0.39, 0.29) is 17.9 Å². The molecule has 0 bridgehead atoms. The van der Waals surface area contributed by atoms with Crippen LogP contribution in [0.5, 0.6) is 0 Å². The average Bonchev–Trinajstić information content (AvgIpc) is 2.91. The van der Waals surface area contributed by atoms with Crippen LogP contribution in [0.3, 0.4) is 0 Å². The number of nitrogens with two attached hydrogens (primary N) is 1. The quantitative estimate of drug-likeness (QED) is 0.708. The highest BCUT2D eigenvalue weighted by Crippen LogP contribution is 2.18. The SMILES string of the molecule is Nc1ccc2c(c1)oc(=O)n2C(=O)C1CCC(=O)N1. The van der Waals surface area contributed by atoms with Crippen molar-refractivity contribution in [2.75, 3.05) is 5.73 Å². The molecule has 2 heterocycles. The molecule has 1 atom stereocenters. The number of carbonyl (C=O) groups excluding carboxylic acids is 2. The highest BCUT2D eigenvalue weighted by Gasteiger charge is 2.30. The fourth-order valence-corrected chi connectivity index (χ4v) is 2.20. The third-order valence-corrected chi connectivity index (χ3v) is 3.12. The molecule has 1 aromatic carbocycles. The number of fused-ring (bicyclic) bond motifs is 1. The van der Waals surface area contributed by atoms with Crippen LogP contribution >= 0.6 is 0 Å². The van der Waals surface area contributed by atoms with Gasteiger partial charge in [0.15, 0.2) is 5.58 Å². The maximum absolute atomic E-state index is 12.2. The minimum absolute atomic E-state index is 0.191. The standard InChI is InChI=1S/C12H11N3O4/c13-6-1-3-8-9(5-6)19-12(18)15(8)11(17)7-2-4-10(16)14-7/h1,3,5,7H,2,4,13H2,(H,14,16). The van der Waals surface area contributed by atoms with Gasteiger partial charge in [-0.2, -0.15) is 0 Å². The van der Waals surface area contributed by atoms with Crippen LogP contribution in [-0.4, -0.2) is 22.4 Å². The van der Waals surface area contributed by atoms with Crippen molar-refractivity contribution in [1.82, 2.24) is 9.88 Å². The predicted molar refractivity (Wildman–Crippen MR) is 66.7 cm³/mol. The number of hydrogen-bond acceptors (Lipinski definition) is 5. The summed E-state index contributed by atoms with van der Waals surface area (Å²) >= 11 is 0. The molecule has 98 valence electrons. The lowest BCUT2D eigenvalue weighted by molar-refractivity contribution is -0.119. The van der Waals surface area contributed by atoms with Gasteiger partial charge in [0.05, 0.1) is 5.52 Å². The summed E-state index contributed by atoms with van der Waals surface area (Å²) in [6.07, 6.45) is 0.666. The van der Waals surface area contributed by atoms with Crippen molar-refractivity contribution in [2.45, 2.75) is 18.9 Å². The molecule has 1 saturated heterocycles. The van der Waals surface area contributed by atoms with Crippen LogP contribution in [0.15, 0.2) is 27.4 Å². The van der Waals surface area contributed by atoms with E-state index in [2.05, 4.69) is 5.32 Å². The van der Waals surface area contributed by atoms with Gasteiger partial charge in [0, 0.05) is 18.2 Å². The first-order valence-corrected chi connectivity index (χ1v) is 5.81. The molecule has 1 aromatic heterocycles. The molecule has 7 nitrogen and oxygen atoms in total. The average molecular weight is 261 g/mol. The molecule has 1 fully saturated rings. The van der Waals surface area contributed by atoms with Crippen LogP contribution in [0.1, 0.15) is 17.6 Å². The van der Waals surface area contributed by atoms with Crippen molar-refractivity contribution in [1.29, 1.82) is 0 Å². The first kappa shape index (κ1) is 11.5. The Morgan fingerprint density at radius 1 is 1.42 bits per heavy atom. The van der Waals surface area contributed by atoms with Gasteiger partial charge in [0.2, 0.25) is 5.91 Å². The number of rotatable bonds is 1. The summed E-state index contributed by atoms with van der Waals surface area (Å²) < 4.78 is 5.92. The molecule has 1 aliphatic rings. The smallest absolute Gasteiger partial charge is 0.407 e. The first-order valence-electron chi connectivity index (χ1n) is 5.81. The number of amides is 1. The third kappa shape index (κ3) is 1.79. The molecule has 1 aliphatic heterocycles. The van der Waals surface area contributed by atoms with Crippen molar-refractivity contribution >= 4 is 28.6 Å². The van der Waals surface area contributed by atoms with Crippen molar-refractivity contribution < 1.29 is 14.0 Å². The Balaban J connectivity index is 2.09. The van der Waals surface area contributed by atoms with Crippen molar-refractivity contribution in [2.24, 2.45) is 0 Å². The van der Waals surface area contributed by atoms with E-state index < -0.39 is 17.7 Å². The Labute approximate surface area is 107 Å². The lowest BCUT2D eigenvalue weighted by Crippen LogP contribution is -2.39.